The van der Waals surface area contributed by atoms with E-state index in [1.54, 1.807) is 16.8 Å². The van der Waals surface area contributed by atoms with Crippen molar-refractivity contribution in [2.24, 2.45) is 0 Å². The van der Waals surface area contributed by atoms with Crippen LogP contribution in [0, 0.1) is 0 Å². The minimum Gasteiger partial charge on any atom is -0.375 e. The second-order valence-electron chi connectivity index (χ2n) is 4.69. The van der Waals surface area contributed by atoms with Crippen LogP contribution in [0.3, 0.4) is 0 Å². The van der Waals surface area contributed by atoms with Crippen LogP contribution < -0.4 is 0 Å². The number of morpholine rings is 1. The Morgan fingerprint density at radius 3 is 3.32 bits per heavy atom. The third-order valence-corrected chi connectivity index (χ3v) is 4.25. The first-order chi connectivity index (χ1) is 9.28. The lowest BCUT2D eigenvalue weighted by Crippen LogP contribution is -2.45. The Morgan fingerprint density at radius 1 is 1.58 bits per heavy atom. The van der Waals surface area contributed by atoms with Gasteiger partial charge < -0.3 is 9.64 Å². The third kappa shape index (κ3) is 2.48. The molecule has 0 radical (unpaired) electrons. The molecule has 1 atom stereocenters. The maximum Gasteiger partial charge on any atom is 0.254 e. The molecule has 1 amide bonds. The zero-order valence-electron chi connectivity index (χ0n) is 10.8. The number of nitrogens with zero attached hydrogens (tertiary/aromatic N) is 2. The Labute approximate surface area is 116 Å². The quantitative estimate of drug-likeness (QED) is 0.846. The molecule has 1 aromatic heterocycles. The lowest BCUT2D eigenvalue weighted by atomic mass is 10.1. The molecule has 2 heterocycles. The highest BCUT2D eigenvalue weighted by Crippen LogP contribution is 2.21. The van der Waals surface area contributed by atoms with Crippen LogP contribution in [0.1, 0.15) is 23.7 Å². The molecule has 5 heteroatoms. The number of benzene rings is 1. The van der Waals surface area contributed by atoms with Crippen LogP contribution >= 0.6 is 11.3 Å². The van der Waals surface area contributed by atoms with Crippen LogP contribution in [0.4, 0.5) is 0 Å². The normalized spacial score (nSPS) is 19.8. The number of ether oxygens (including phenoxy) is 1. The number of hydrogen-bond donors (Lipinski definition) is 0. The lowest BCUT2D eigenvalue weighted by Gasteiger charge is -2.32. The fraction of sp³-hybridized carbons (Fsp3) is 0.429. The zero-order chi connectivity index (χ0) is 13.2. The van der Waals surface area contributed by atoms with Crippen molar-refractivity contribution in [3.63, 3.8) is 0 Å². The van der Waals surface area contributed by atoms with Gasteiger partial charge in [-0.3, -0.25) is 4.79 Å². The summed E-state index contributed by atoms with van der Waals surface area (Å²) in [4.78, 5) is 18.6. The van der Waals surface area contributed by atoms with Crippen molar-refractivity contribution in [1.82, 2.24) is 9.88 Å². The number of amides is 1. The summed E-state index contributed by atoms with van der Waals surface area (Å²) in [5, 5.41) is 0. The highest BCUT2D eigenvalue weighted by molar-refractivity contribution is 7.16. The molecule has 1 aliphatic heterocycles. The molecule has 3 rings (SSSR count). The van der Waals surface area contributed by atoms with Crippen molar-refractivity contribution in [1.29, 1.82) is 0 Å². The van der Waals surface area contributed by atoms with Gasteiger partial charge in [-0.25, -0.2) is 4.98 Å². The minimum atomic E-state index is 0.0945. The Bertz CT molecular complexity index is 596. The first-order valence-electron chi connectivity index (χ1n) is 6.52. The summed E-state index contributed by atoms with van der Waals surface area (Å²) in [5.41, 5.74) is 3.50. The van der Waals surface area contributed by atoms with Crippen LogP contribution in [0.15, 0.2) is 23.7 Å². The van der Waals surface area contributed by atoms with E-state index in [-0.39, 0.29) is 12.0 Å². The number of thiazole rings is 1. The van der Waals surface area contributed by atoms with Crippen molar-refractivity contribution in [2.45, 2.75) is 19.4 Å². The first kappa shape index (κ1) is 12.6. The predicted octanol–water partition coefficient (Wildman–Crippen LogP) is 2.55. The maximum atomic E-state index is 12.5. The summed E-state index contributed by atoms with van der Waals surface area (Å²) >= 11 is 1.56. The van der Waals surface area contributed by atoms with E-state index >= 15 is 0 Å². The average Bonchev–Trinajstić information content (AvgIpc) is 2.94. The van der Waals surface area contributed by atoms with Crippen molar-refractivity contribution in [2.75, 3.05) is 19.7 Å². The van der Waals surface area contributed by atoms with E-state index in [4.69, 9.17) is 4.74 Å². The molecule has 1 fully saturated rings. The number of hydrogen-bond acceptors (Lipinski definition) is 4. The molecule has 1 saturated heterocycles. The molecule has 1 aromatic carbocycles. The Morgan fingerprint density at radius 2 is 2.47 bits per heavy atom. The van der Waals surface area contributed by atoms with Gasteiger partial charge in [0.15, 0.2) is 0 Å². The zero-order valence-corrected chi connectivity index (χ0v) is 11.7. The minimum absolute atomic E-state index is 0.0945. The first-order valence-corrected chi connectivity index (χ1v) is 7.40. The van der Waals surface area contributed by atoms with Crippen LogP contribution in [0.25, 0.3) is 10.2 Å². The fourth-order valence-electron chi connectivity index (χ4n) is 2.32. The van der Waals surface area contributed by atoms with E-state index in [0.717, 1.165) is 22.2 Å². The second-order valence-corrected chi connectivity index (χ2v) is 5.57. The van der Waals surface area contributed by atoms with E-state index < -0.39 is 0 Å². The van der Waals surface area contributed by atoms with Gasteiger partial charge in [0.1, 0.15) is 0 Å². The highest BCUT2D eigenvalue weighted by atomic mass is 32.1. The van der Waals surface area contributed by atoms with Crippen LogP contribution in [-0.4, -0.2) is 41.6 Å². The Kier molecular flexibility index (Phi) is 3.48. The standard InChI is InChI=1S/C14H16N2O2S/c1-2-11-8-16(5-6-18-11)14(17)10-3-4-12-13(7-10)19-9-15-12/h3-4,7,9,11H,2,5-6,8H2,1H3. The summed E-state index contributed by atoms with van der Waals surface area (Å²) < 4.78 is 6.66. The van der Waals surface area contributed by atoms with Gasteiger partial charge in [0.25, 0.3) is 5.91 Å². The van der Waals surface area contributed by atoms with E-state index in [1.807, 2.05) is 23.1 Å². The number of carbonyl (C=O) groups is 1. The molecule has 0 aliphatic carbocycles. The van der Waals surface area contributed by atoms with Gasteiger partial charge >= 0.3 is 0 Å². The molecular formula is C14H16N2O2S. The van der Waals surface area contributed by atoms with Crippen molar-refractivity contribution in [3.05, 3.63) is 29.3 Å². The molecule has 0 N–H and O–H groups in total. The number of fused-ring (bicyclic) bond motifs is 1. The monoisotopic (exact) mass is 276 g/mol. The van der Waals surface area contributed by atoms with Gasteiger partial charge in [-0.1, -0.05) is 6.92 Å². The molecule has 0 bridgehead atoms. The van der Waals surface area contributed by atoms with Gasteiger partial charge in [-0.15, -0.1) is 11.3 Å². The maximum absolute atomic E-state index is 12.5. The molecule has 0 saturated carbocycles. The van der Waals surface area contributed by atoms with Gasteiger partial charge in [0.05, 0.1) is 28.4 Å². The number of rotatable bonds is 2. The molecule has 1 aliphatic rings. The molecular weight excluding hydrogens is 260 g/mol. The Balaban J connectivity index is 1.82. The van der Waals surface area contributed by atoms with Crippen molar-refractivity contribution < 1.29 is 9.53 Å². The van der Waals surface area contributed by atoms with Crippen LogP contribution in [0.2, 0.25) is 0 Å². The molecule has 2 aromatic rings. The number of aromatic nitrogens is 1. The van der Waals surface area contributed by atoms with Gasteiger partial charge in [-0.2, -0.15) is 0 Å². The third-order valence-electron chi connectivity index (χ3n) is 3.46. The molecule has 0 spiro atoms. The van der Waals surface area contributed by atoms with Crippen LogP contribution in [0.5, 0.6) is 0 Å². The highest BCUT2D eigenvalue weighted by Gasteiger charge is 2.24. The molecule has 1 unspecified atom stereocenters. The summed E-state index contributed by atoms with van der Waals surface area (Å²) in [5.74, 6) is 0.0945. The van der Waals surface area contributed by atoms with Crippen molar-refractivity contribution >= 4 is 27.5 Å². The van der Waals surface area contributed by atoms with E-state index in [0.29, 0.717) is 19.7 Å². The summed E-state index contributed by atoms with van der Waals surface area (Å²) in [6.07, 6.45) is 1.11. The molecule has 19 heavy (non-hydrogen) atoms. The molecule has 100 valence electrons. The fourth-order valence-corrected chi connectivity index (χ4v) is 3.04. The average molecular weight is 276 g/mol. The van der Waals surface area contributed by atoms with Gasteiger partial charge in [0, 0.05) is 18.7 Å². The SMILES string of the molecule is CCC1CN(C(=O)c2ccc3ncsc3c2)CCO1. The molecule has 4 nitrogen and oxygen atoms in total. The Hall–Kier alpha value is -1.46. The van der Waals surface area contributed by atoms with Crippen LogP contribution in [-0.2, 0) is 4.74 Å². The summed E-state index contributed by atoms with van der Waals surface area (Å²) in [7, 11) is 0. The lowest BCUT2D eigenvalue weighted by molar-refractivity contribution is -0.0226. The topological polar surface area (TPSA) is 42.4 Å². The summed E-state index contributed by atoms with van der Waals surface area (Å²) in [6.45, 7) is 4.08. The van der Waals surface area contributed by atoms with Gasteiger partial charge in [0.2, 0.25) is 0 Å². The smallest absolute Gasteiger partial charge is 0.254 e. The van der Waals surface area contributed by atoms with Crippen molar-refractivity contribution in [3.8, 4) is 0 Å². The van der Waals surface area contributed by atoms with E-state index in [1.165, 1.54) is 0 Å². The summed E-state index contributed by atoms with van der Waals surface area (Å²) in [6, 6.07) is 5.71. The van der Waals surface area contributed by atoms with Gasteiger partial charge in [-0.05, 0) is 24.6 Å². The second kappa shape index (κ2) is 5.27. The largest absolute Gasteiger partial charge is 0.375 e. The predicted molar refractivity (Wildman–Crippen MR) is 75.6 cm³/mol. The number of carbonyl (C=O) groups excluding carboxylic acids is 1. The van der Waals surface area contributed by atoms with E-state index in [2.05, 4.69) is 11.9 Å². The van der Waals surface area contributed by atoms with E-state index in [9.17, 15) is 4.79 Å².